The van der Waals surface area contributed by atoms with Gasteiger partial charge >= 0.3 is 0 Å². The van der Waals surface area contributed by atoms with Crippen molar-refractivity contribution in [2.24, 2.45) is 0 Å². The van der Waals surface area contributed by atoms with Crippen molar-refractivity contribution in [3.8, 4) is 0 Å². The first kappa shape index (κ1) is 10.8. The molecular weight excluding hydrogens is 224 g/mol. The molecule has 2 aliphatic heterocycles. The van der Waals surface area contributed by atoms with Gasteiger partial charge in [-0.1, -0.05) is 5.10 Å². The van der Waals surface area contributed by atoms with E-state index >= 15 is 0 Å². The summed E-state index contributed by atoms with van der Waals surface area (Å²) in [5.41, 5.74) is 0. The lowest BCUT2D eigenvalue weighted by molar-refractivity contribution is 0.119. The van der Waals surface area contributed by atoms with Gasteiger partial charge in [-0.25, -0.2) is 0 Å². The Balaban J connectivity index is 1.77. The molecule has 3 rings (SSSR count). The third-order valence-corrected chi connectivity index (χ3v) is 3.06. The Bertz CT molecular complexity index is 326. The Morgan fingerprint density at radius 1 is 0.824 bits per heavy atom. The lowest BCUT2D eigenvalue weighted by Crippen LogP contribution is -2.40. The minimum absolute atomic E-state index is 0.725. The van der Waals surface area contributed by atoms with Crippen LogP contribution in [0.1, 0.15) is 0 Å². The van der Waals surface area contributed by atoms with Crippen molar-refractivity contribution in [2.75, 3.05) is 62.4 Å². The summed E-state index contributed by atoms with van der Waals surface area (Å²) in [5.74, 6) is 1.59. The van der Waals surface area contributed by atoms with E-state index in [-0.39, 0.29) is 0 Å². The smallest absolute Gasteiger partial charge is 0.272 e. The van der Waals surface area contributed by atoms with E-state index in [1.165, 1.54) is 0 Å². The van der Waals surface area contributed by atoms with Crippen LogP contribution in [-0.2, 0) is 9.47 Å². The normalized spacial score (nSPS) is 21.9. The topological polar surface area (TPSA) is 63.9 Å². The molecule has 0 N–H and O–H groups in total. The minimum Gasteiger partial charge on any atom is -0.378 e. The largest absolute Gasteiger partial charge is 0.378 e. The van der Waals surface area contributed by atoms with Gasteiger partial charge in [-0.3, -0.25) is 0 Å². The number of anilines is 2. The third kappa shape index (κ3) is 2.20. The number of aromatic nitrogens is 2. The van der Waals surface area contributed by atoms with E-state index in [0.29, 0.717) is 0 Å². The molecule has 2 saturated heterocycles. The molecule has 3 heterocycles. The van der Waals surface area contributed by atoms with Crippen LogP contribution in [0.3, 0.4) is 0 Å². The summed E-state index contributed by atoms with van der Waals surface area (Å²) in [6.45, 7) is 6.25. The third-order valence-electron chi connectivity index (χ3n) is 3.06. The highest BCUT2D eigenvalue weighted by Gasteiger charge is 2.25. The molecule has 7 heteroatoms. The Labute approximate surface area is 99.2 Å². The molecule has 1 aromatic heterocycles. The predicted molar refractivity (Wildman–Crippen MR) is 60.4 cm³/mol. The molecule has 0 atom stereocenters. The predicted octanol–water partition coefficient (Wildman–Crippen LogP) is -0.257. The molecule has 0 bridgehead atoms. The molecular formula is C10H16N4O3. The van der Waals surface area contributed by atoms with Crippen molar-refractivity contribution < 1.29 is 14.0 Å². The molecule has 94 valence electrons. The fourth-order valence-electron chi connectivity index (χ4n) is 2.12. The van der Waals surface area contributed by atoms with Crippen LogP contribution in [0.15, 0.2) is 4.52 Å². The van der Waals surface area contributed by atoms with E-state index < -0.39 is 0 Å². The fraction of sp³-hybridized carbons (Fsp3) is 0.800. The molecule has 0 saturated carbocycles. The minimum atomic E-state index is 0.725. The van der Waals surface area contributed by atoms with Crippen LogP contribution in [0, 0.1) is 0 Å². The number of morpholine rings is 2. The highest BCUT2D eigenvalue weighted by Crippen LogP contribution is 2.27. The van der Waals surface area contributed by atoms with Crippen molar-refractivity contribution in [2.45, 2.75) is 0 Å². The average Bonchev–Trinajstić information content (AvgIpc) is 2.90. The highest BCUT2D eigenvalue weighted by atomic mass is 16.5. The quantitative estimate of drug-likeness (QED) is 0.705. The second-order valence-electron chi connectivity index (χ2n) is 4.10. The highest BCUT2D eigenvalue weighted by molar-refractivity contribution is 5.60. The zero-order valence-corrected chi connectivity index (χ0v) is 9.67. The number of hydrogen-bond acceptors (Lipinski definition) is 7. The van der Waals surface area contributed by atoms with Crippen molar-refractivity contribution >= 4 is 11.7 Å². The van der Waals surface area contributed by atoms with Crippen molar-refractivity contribution in [3.63, 3.8) is 0 Å². The Hall–Kier alpha value is -1.34. The average molecular weight is 240 g/mol. The van der Waals surface area contributed by atoms with Gasteiger partial charge in [0.25, 0.3) is 5.88 Å². The molecule has 2 aliphatic rings. The van der Waals surface area contributed by atoms with Crippen LogP contribution < -0.4 is 9.80 Å². The summed E-state index contributed by atoms with van der Waals surface area (Å²) in [6, 6.07) is 0. The maximum atomic E-state index is 5.33. The zero-order valence-electron chi connectivity index (χ0n) is 9.67. The first-order valence-electron chi connectivity index (χ1n) is 5.93. The van der Waals surface area contributed by atoms with Crippen LogP contribution in [-0.4, -0.2) is 63.0 Å². The van der Waals surface area contributed by atoms with E-state index in [9.17, 15) is 0 Å². The van der Waals surface area contributed by atoms with E-state index in [2.05, 4.69) is 20.2 Å². The monoisotopic (exact) mass is 240 g/mol. The Kier molecular flexibility index (Phi) is 3.10. The molecule has 7 nitrogen and oxygen atoms in total. The number of nitrogens with zero attached hydrogens (tertiary/aromatic N) is 4. The lowest BCUT2D eigenvalue weighted by Gasteiger charge is -2.30. The summed E-state index contributed by atoms with van der Waals surface area (Å²) in [6.07, 6.45) is 0. The zero-order chi connectivity index (χ0) is 11.5. The molecule has 2 fully saturated rings. The van der Waals surface area contributed by atoms with Crippen LogP contribution in [0.5, 0.6) is 0 Å². The maximum Gasteiger partial charge on any atom is 0.272 e. The van der Waals surface area contributed by atoms with Crippen molar-refractivity contribution in [3.05, 3.63) is 0 Å². The Morgan fingerprint density at radius 3 is 2.06 bits per heavy atom. The summed E-state index contributed by atoms with van der Waals surface area (Å²) in [7, 11) is 0. The molecule has 0 aliphatic carbocycles. The Morgan fingerprint density at radius 2 is 1.41 bits per heavy atom. The first-order chi connectivity index (χ1) is 8.45. The van der Waals surface area contributed by atoms with Gasteiger partial charge in [0.2, 0.25) is 5.82 Å². The maximum absolute atomic E-state index is 5.33. The van der Waals surface area contributed by atoms with E-state index in [0.717, 1.165) is 64.3 Å². The SMILES string of the molecule is C1CN(c2nnoc2N2CCOCC2)CCO1. The van der Waals surface area contributed by atoms with Gasteiger partial charge in [0.1, 0.15) is 0 Å². The first-order valence-corrected chi connectivity index (χ1v) is 5.93. The van der Waals surface area contributed by atoms with E-state index in [4.69, 9.17) is 14.0 Å². The summed E-state index contributed by atoms with van der Waals surface area (Å²) >= 11 is 0. The van der Waals surface area contributed by atoms with Crippen LogP contribution in [0.4, 0.5) is 11.7 Å². The summed E-state index contributed by atoms with van der Waals surface area (Å²) in [5, 5.41) is 7.77. The number of ether oxygens (including phenoxy) is 2. The second kappa shape index (κ2) is 4.89. The van der Waals surface area contributed by atoms with E-state index in [1.54, 1.807) is 0 Å². The van der Waals surface area contributed by atoms with Gasteiger partial charge in [0.15, 0.2) is 0 Å². The molecule has 0 radical (unpaired) electrons. The number of hydrogen-bond donors (Lipinski definition) is 0. The lowest BCUT2D eigenvalue weighted by atomic mass is 10.3. The van der Waals surface area contributed by atoms with Crippen LogP contribution in [0.25, 0.3) is 0 Å². The molecule has 0 unspecified atom stereocenters. The molecule has 17 heavy (non-hydrogen) atoms. The second-order valence-corrected chi connectivity index (χ2v) is 4.10. The molecule has 0 amide bonds. The number of rotatable bonds is 2. The fourth-order valence-corrected chi connectivity index (χ4v) is 2.12. The molecule has 0 spiro atoms. The van der Waals surface area contributed by atoms with Crippen LogP contribution in [0.2, 0.25) is 0 Å². The molecule has 0 aromatic carbocycles. The standard InChI is InChI=1S/C10H16N4O3/c1-5-15-6-2-13(1)9-10(17-12-11-9)14-3-7-16-8-4-14/h1-8H2. The van der Waals surface area contributed by atoms with E-state index in [1.807, 2.05) is 0 Å². The summed E-state index contributed by atoms with van der Waals surface area (Å²) in [4.78, 5) is 4.29. The molecule has 1 aromatic rings. The van der Waals surface area contributed by atoms with Crippen molar-refractivity contribution in [1.82, 2.24) is 10.4 Å². The van der Waals surface area contributed by atoms with Crippen LogP contribution >= 0.6 is 0 Å². The van der Waals surface area contributed by atoms with Gasteiger partial charge in [0.05, 0.1) is 26.4 Å². The van der Waals surface area contributed by atoms with Gasteiger partial charge in [0, 0.05) is 31.5 Å². The van der Waals surface area contributed by atoms with Gasteiger partial charge in [-0.2, -0.15) is 0 Å². The van der Waals surface area contributed by atoms with Gasteiger partial charge in [-0.05, 0) is 0 Å². The van der Waals surface area contributed by atoms with Gasteiger partial charge in [-0.15, -0.1) is 0 Å². The summed E-state index contributed by atoms with van der Waals surface area (Å²) < 4.78 is 15.9. The van der Waals surface area contributed by atoms with Crippen molar-refractivity contribution in [1.29, 1.82) is 0 Å². The van der Waals surface area contributed by atoms with Gasteiger partial charge < -0.3 is 23.8 Å².